The molecule has 1 amide bonds. The van der Waals surface area contributed by atoms with Gasteiger partial charge in [0.2, 0.25) is 0 Å². The molecule has 36 heavy (non-hydrogen) atoms. The number of sulfonamides is 1. The van der Waals surface area contributed by atoms with Crippen LogP contribution in [0.2, 0.25) is 0 Å². The van der Waals surface area contributed by atoms with Crippen molar-refractivity contribution < 1.29 is 17.9 Å². The van der Waals surface area contributed by atoms with E-state index in [-0.39, 0.29) is 15.9 Å². The first kappa shape index (κ1) is 27.2. The number of unbranched alkanes of at least 4 members (excludes halogenated alkanes) is 2. The zero-order valence-electron chi connectivity index (χ0n) is 20.6. The average Bonchev–Trinajstić information content (AvgIpc) is 2.84. The third kappa shape index (κ3) is 7.79. The van der Waals surface area contributed by atoms with Gasteiger partial charge in [-0.25, -0.2) is 8.42 Å². The standard InChI is InChI=1S/C27H31N3O4S2/c1-4-5-6-17-34-23-12-8-21(9-13-23)26(31)29-27(35)28-22-10-14-24(15-11-22)36(32,33)30-25-16-7-19(2)18-20(25)3/h7-16,18,30H,4-6,17H2,1-3H3,(H2,28,29,31,35). The van der Waals surface area contributed by atoms with Crippen molar-refractivity contribution in [2.75, 3.05) is 16.6 Å². The highest BCUT2D eigenvalue weighted by molar-refractivity contribution is 7.92. The van der Waals surface area contributed by atoms with Crippen LogP contribution in [0.15, 0.2) is 71.6 Å². The maximum atomic E-state index is 12.8. The van der Waals surface area contributed by atoms with E-state index in [1.165, 1.54) is 12.1 Å². The van der Waals surface area contributed by atoms with Crippen molar-refractivity contribution in [3.63, 3.8) is 0 Å². The van der Waals surface area contributed by atoms with Gasteiger partial charge >= 0.3 is 0 Å². The first-order chi connectivity index (χ1) is 17.2. The Hall–Kier alpha value is -3.43. The molecule has 0 aromatic heterocycles. The van der Waals surface area contributed by atoms with E-state index in [1.54, 1.807) is 42.5 Å². The van der Waals surface area contributed by atoms with Crippen molar-refractivity contribution in [2.45, 2.75) is 44.9 Å². The molecule has 0 aliphatic heterocycles. The maximum Gasteiger partial charge on any atom is 0.261 e. The summed E-state index contributed by atoms with van der Waals surface area (Å²) in [5, 5.41) is 5.62. The number of rotatable bonds is 10. The summed E-state index contributed by atoms with van der Waals surface area (Å²) in [5.41, 5.74) is 3.41. The first-order valence-corrected chi connectivity index (χ1v) is 13.6. The third-order valence-electron chi connectivity index (χ3n) is 5.41. The topological polar surface area (TPSA) is 96.5 Å². The van der Waals surface area contributed by atoms with Gasteiger partial charge in [-0.2, -0.15) is 0 Å². The zero-order valence-corrected chi connectivity index (χ0v) is 22.3. The fourth-order valence-electron chi connectivity index (χ4n) is 3.43. The van der Waals surface area contributed by atoms with Crippen molar-refractivity contribution in [1.82, 2.24) is 5.32 Å². The Kier molecular flexibility index (Phi) is 9.44. The summed E-state index contributed by atoms with van der Waals surface area (Å²) < 4.78 is 33.8. The lowest BCUT2D eigenvalue weighted by Gasteiger charge is -2.13. The molecule has 9 heteroatoms. The van der Waals surface area contributed by atoms with Crippen molar-refractivity contribution in [3.8, 4) is 5.75 Å². The van der Waals surface area contributed by atoms with Crippen LogP contribution in [-0.2, 0) is 10.0 Å². The monoisotopic (exact) mass is 525 g/mol. The lowest BCUT2D eigenvalue weighted by molar-refractivity contribution is 0.0977. The highest BCUT2D eigenvalue weighted by atomic mass is 32.2. The molecule has 0 fully saturated rings. The van der Waals surface area contributed by atoms with Gasteiger partial charge in [-0.1, -0.05) is 37.5 Å². The molecule has 7 nitrogen and oxygen atoms in total. The van der Waals surface area contributed by atoms with Gasteiger partial charge in [0, 0.05) is 11.3 Å². The van der Waals surface area contributed by atoms with Crippen LogP contribution in [0.5, 0.6) is 5.75 Å². The predicted molar refractivity (Wildman–Crippen MR) is 148 cm³/mol. The van der Waals surface area contributed by atoms with Gasteiger partial charge in [-0.05, 0) is 92.6 Å². The summed E-state index contributed by atoms with van der Waals surface area (Å²) in [5.74, 6) is 0.354. The molecule has 0 saturated heterocycles. The summed E-state index contributed by atoms with van der Waals surface area (Å²) in [6, 6.07) is 18.5. The molecule has 0 radical (unpaired) electrons. The van der Waals surface area contributed by atoms with E-state index in [0.717, 1.165) is 30.4 Å². The van der Waals surface area contributed by atoms with Crippen molar-refractivity contribution in [3.05, 3.63) is 83.4 Å². The molecule has 0 unspecified atom stereocenters. The Morgan fingerprint density at radius 1 is 0.944 bits per heavy atom. The van der Waals surface area contributed by atoms with E-state index in [9.17, 15) is 13.2 Å². The first-order valence-electron chi connectivity index (χ1n) is 11.7. The Labute approximate surface area is 218 Å². The molecule has 190 valence electrons. The number of benzene rings is 3. The number of amides is 1. The number of aryl methyl sites for hydroxylation is 2. The second-order valence-electron chi connectivity index (χ2n) is 8.44. The van der Waals surface area contributed by atoms with Gasteiger partial charge in [0.05, 0.1) is 17.2 Å². The molecule has 3 aromatic carbocycles. The Balaban J connectivity index is 1.54. The van der Waals surface area contributed by atoms with Crippen LogP contribution in [0.3, 0.4) is 0 Å². The Bertz CT molecular complexity index is 1310. The van der Waals surface area contributed by atoms with E-state index >= 15 is 0 Å². The van der Waals surface area contributed by atoms with Gasteiger partial charge < -0.3 is 10.1 Å². The van der Waals surface area contributed by atoms with Crippen molar-refractivity contribution in [2.24, 2.45) is 0 Å². The number of hydrogen-bond donors (Lipinski definition) is 3. The number of carbonyl (C=O) groups excluding carboxylic acids is 1. The number of thiocarbonyl (C=S) groups is 1. The van der Waals surface area contributed by atoms with Crippen LogP contribution in [0.25, 0.3) is 0 Å². The lowest BCUT2D eigenvalue weighted by Crippen LogP contribution is -2.34. The van der Waals surface area contributed by atoms with Gasteiger partial charge in [0.25, 0.3) is 15.9 Å². The molecule has 3 aromatic rings. The van der Waals surface area contributed by atoms with Gasteiger partial charge in [0.15, 0.2) is 5.11 Å². The minimum absolute atomic E-state index is 0.101. The van der Waals surface area contributed by atoms with Crippen LogP contribution >= 0.6 is 12.2 Å². The van der Waals surface area contributed by atoms with E-state index in [4.69, 9.17) is 17.0 Å². The highest BCUT2D eigenvalue weighted by Crippen LogP contribution is 2.22. The normalized spacial score (nSPS) is 11.0. The largest absolute Gasteiger partial charge is 0.494 e. The molecule has 0 aliphatic rings. The quantitative estimate of drug-likeness (QED) is 0.229. The van der Waals surface area contributed by atoms with E-state index in [2.05, 4.69) is 22.3 Å². The SMILES string of the molecule is CCCCCOc1ccc(C(=O)NC(=S)Nc2ccc(S(=O)(=O)Nc3ccc(C)cc3C)cc2)cc1. The molecule has 3 rings (SSSR count). The van der Waals surface area contributed by atoms with Crippen LogP contribution in [0.4, 0.5) is 11.4 Å². The number of anilines is 2. The minimum atomic E-state index is -3.75. The second kappa shape index (κ2) is 12.5. The van der Waals surface area contributed by atoms with Gasteiger partial charge in [-0.15, -0.1) is 0 Å². The smallest absolute Gasteiger partial charge is 0.261 e. The average molecular weight is 526 g/mol. The predicted octanol–water partition coefficient (Wildman–Crippen LogP) is 5.80. The molecule has 0 spiro atoms. The second-order valence-corrected chi connectivity index (χ2v) is 10.5. The van der Waals surface area contributed by atoms with Crippen LogP contribution in [-0.4, -0.2) is 26.0 Å². The lowest BCUT2D eigenvalue weighted by atomic mass is 10.1. The Morgan fingerprint density at radius 2 is 1.64 bits per heavy atom. The fourth-order valence-corrected chi connectivity index (χ4v) is 4.77. The van der Waals surface area contributed by atoms with E-state index in [1.807, 2.05) is 26.0 Å². The molecular weight excluding hydrogens is 494 g/mol. The summed E-state index contributed by atoms with van der Waals surface area (Å²) in [6.07, 6.45) is 3.24. The molecule has 0 bridgehead atoms. The molecule has 0 heterocycles. The van der Waals surface area contributed by atoms with Crippen LogP contribution < -0.4 is 20.1 Å². The summed E-state index contributed by atoms with van der Waals surface area (Å²) >= 11 is 5.24. The molecule has 0 atom stereocenters. The number of ether oxygens (including phenoxy) is 1. The van der Waals surface area contributed by atoms with Gasteiger partial charge in [0.1, 0.15) is 5.75 Å². The number of hydrogen-bond acceptors (Lipinski definition) is 5. The van der Waals surface area contributed by atoms with Crippen molar-refractivity contribution in [1.29, 1.82) is 0 Å². The molecule has 0 saturated carbocycles. The molecule has 3 N–H and O–H groups in total. The summed E-state index contributed by atoms with van der Waals surface area (Å²) in [6.45, 7) is 6.59. The maximum absolute atomic E-state index is 12.8. The fraction of sp³-hybridized carbons (Fsp3) is 0.259. The minimum Gasteiger partial charge on any atom is -0.494 e. The van der Waals surface area contributed by atoms with E-state index < -0.39 is 10.0 Å². The molecular formula is C27H31N3O4S2. The highest BCUT2D eigenvalue weighted by Gasteiger charge is 2.16. The number of carbonyl (C=O) groups is 1. The van der Waals surface area contributed by atoms with E-state index in [0.29, 0.717) is 29.3 Å². The van der Waals surface area contributed by atoms with Gasteiger partial charge in [-0.3, -0.25) is 14.8 Å². The van der Waals surface area contributed by atoms with Crippen LogP contribution in [0.1, 0.15) is 47.7 Å². The zero-order chi connectivity index (χ0) is 26.1. The van der Waals surface area contributed by atoms with Crippen molar-refractivity contribution >= 4 is 44.6 Å². The van der Waals surface area contributed by atoms with Crippen LogP contribution in [0, 0.1) is 13.8 Å². The number of nitrogens with one attached hydrogen (secondary N) is 3. The summed E-state index contributed by atoms with van der Waals surface area (Å²) in [4.78, 5) is 12.6. The third-order valence-corrected chi connectivity index (χ3v) is 6.99. The summed E-state index contributed by atoms with van der Waals surface area (Å²) in [7, 11) is -3.75. The Morgan fingerprint density at radius 3 is 2.28 bits per heavy atom. The molecule has 0 aliphatic carbocycles.